The van der Waals surface area contributed by atoms with E-state index in [1.807, 2.05) is 0 Å². The van der Waals surface area contributed by atoms with Crippen molar-refractivity contribution in [1.82, 2.24) is 20.3 Å². The van der Waals surface area contributed by atoms with E-state index in [4.69, 9.17) is 15.9 Å². The fraction of sp³-hybridized carbons (Fsp3) is 0.421. The van der Waals surface area contributed by atoms with E-state index in [1.165, 1.54) is 12.5 Å². The Balaban J connectivity index is 1.77. The maximum absolute atomic E-state index is 14.4. The summed E-state index contributed by atoms with van der Waals surface area (Å²) in [5.74, 6) is 1.63. The number of sulfone groups is 1. The van der Waals surface area contributed by atoms with Crippen molar-refractivity contribution in [3.63, 3.8) is 0 Å². The molecule has 0 amide bonds. The molecule has 29 heavy (non-hydrogen) atoms. The first-order valence-corrected chi connectivity index (χ1v) is 11.1. The smallest absolute Gasteiger partial charge is 0.242 e. The molecule has 0 aliphatic carbocycles. The van der Waals surface area contributed by atoms with Gasteiger partial charge in [0.05, 0.1) is 11.9 Å². The van der Waals surface area contributed by atoms with Crippen LogP contribution in [0.3, 0.4) is 0 Å². The number of aryl methyl sites for hydroxylation is 1. The molecule has 3 rings (SSSR count). The number of aromatic nitrogens is 3. The third-order valence-electron chi connectivity index (χ3n) is 4.30. The predicted molar refractivity (Wildman–Crippen MR) is 104 cm³/mol. The van der Waals surface area contributed by atoms with Gasteiger partial charge < -0.3 is 14.8 Å². The van der Waals surface area contributed by atoms with E-state index in [2.05, 4.69) is 26.2 Å². The molecule has 2 aromatic heterocycles. The van der Waals surface area contributed by atoms with Gasteiger partial charge in [-0.1, -0.05) is 5.92 Å². The number of piperidine rings is 1. The average Bonchev–Trinajstić information content (AvgIpc) is 2.69. The Morgan fingerprint density at radius 2 is 2.00 bits per heavy atom. The van der Waals surface area contributed by atoms with Crippen LogP contribution in [0.25, 0.3) is 0 Å². The van der Waals surface area contributed by atoms with Crippen molar-refractivity contribution in [3.8, 4) is 29.9 Å². The molecular weight excluding hydrogens is 399 g/mol. The molecule has 154 valence electrons. The lowest BCUT2D eigenvalue weighted by Crippen LogP contribution is -2.34. The van der Waals surface area contributed by atoms with E-state index in [0.29, 0.717) is 5.69 Å². The van der Waals surface area contributed by atoms with Gasteiger partial charge in [0.2, 0.25) is 11.8 Å². The van der Waals surface area contributed by atoms with E-state index in [1.54, 1.807) is 0 Å². The van der Waals surface area contributed by atoms with Gasteiger partial charge >= 0.3 is 0 Å². The number of pyridine rings is 1. The van der Waals surface area contributed by atoms with Crippen LogP contribution in [-0.4, -0.2) is 54.6 Å². The summed E-state index contributed by atoms with van der Waals surface area (Å²) in [7, 11) is -3.17. The Kier molecular flexibility index (Phi) is 6.61. The van der Waals surface area contributed by atoms with Gasteiger partial charge in [-0.05, 0) is 32.0 Å². The maximum Gasteiger partial charge on any atom is 0.242 e. The van der Waals surface area contributed by atoms with Crippen LogP contribution in [0.2, 0.25) is 0 Å². The molecule has 0 atom stereocenters. The lowest BCUT2D eigenvalue weighted by atomic mass is 10.1. The highest BCUT2D eigenvalue weighted by Crippen LogP contribution is 2.30. The normalized spacial score (nSPS) is 14.9. The first-order valence-electron chi connectivity index (χ1n) is 9.04. The molecule has 10 heteroatoms. The average molecular weight is 420 g/mol. The molecule has 3 heterocycles. The van der Waals surface area contributed by atoms with Crippen molar-refractivity contribution < 1.29 is 22.3 Å². The zero-order valence-corrected chi connectivity index (χ0v) is 16.7. The number of rotatable bonds is 7. The Bertz CT molecular complexity index is 1020. The van der Waals surface area contributed by atoms with Crippen molar-refractivity contribution in [2.45, 2.75) is 25.4 Å². The molecule has 1 N–H and O–H groups in total. The molecule has 0 unspecified atom stereocenters. The fourth-order valence-corrected chi connectivity index (χ4v) is 3.36. The number of ether oxygens (including phenoxy) is 2. The first kappa shape index (κ1) is 21.0. The third-order valence-corrected chi connectivity index (χ3v) is 5.24. The Morgan fingerprint density at radius 3 is 2.66 bits per heavy atom. The second-order valence-corrected chi connectivity index (χ2v) is 8.92. The quantitative estimate of drug-likeness (QED) is 0.673. The minimum absolute atomic E-state index is 0.0176. The molecule has 1 aliphatic rings. The van der Waals surface area contributed by atoms with E-state index < -0.39 is 15.7 Å². The molecular formula is C19H21FN4O4S. The first-order chi connectivity index (χ1) is 13.9. The van der Waals surface area contributed by atoms with Gasteiger partial charge in [0, 0.05) is 18.4 Å². The second-order valence-electron chi connectivity index (χ2n) is 6.66. The van der Waals surface area contributed by atoms with E-state index in [-0.39, 0.29) is 41.4 Å². The van der Waals surface area contributed by atoms with Crippen LogP contribution in [0.15, 0.2) is 18.6 Å². The van der Waals surface area contributed by atoms with Crippen molar-refractivity contribution in [3.05, 3.63) is 35.7 Å². The molecule has 8 nitrogen and oxygen atoms in total. The second kappa shape index (κ2) is 9.15. The largest absolute Gasteiger partial charge is 0.473 e. The summed E-state index contributed by atoms with van der Waals surface area (Å²) in [6.45, 7) is 1.68. The highest BCUT2D eigenvalue weighted by atomic mass is 32.2. The van der Waals surface area contributed by atoms with Crippen molar-refractivity contribution in [1.29, 1.82) is 0 Å². The molecule has 1 fully saturated rings. The summed E-state index contributed by atoms with van der Waals surface area (Å²) in [4.78, 5) is 12.1. The Labute approximate surface area is 168 Å². The fourth-order valence-electron chi connectivity index (χ4n) is 2.78. The van der Waals surface area contributed by atoms with Gasteiger partial charge in [-0.3, -0.25) is 4.98 Å². The molecule has 1 aliphatic heterocycles. The standard InChI is InChI=1S/C19H21FN4O4S/c1-3-15-18(27-14-4-7-21-8-5-14)23-12-24-19(15)28-17-11-22-13(10-16(17)20)6-9-29(2,25)26/h1,10-12,14,21H,4-9H2,2H3. The third kappa shape index (κ3) is 5.85. The molecule has 0 radical (unpaired) electrons. The van der Waals surface area contributed by atoms with Crippen molar-refractivity contribution in [2.24, 2.45) is 0 Å². The van der Waals surface area contributed by atoms with Gasteiger partial charge in [0.25, 0.3) is 0 Å². The number of hydrogen-bond acceptors (Lipinski definition) is 8. The van der Waals surface area contributed by atoms with Crippen LogP contribution < -0.4 is 14.8 Å². The van der Waals surface area contributed by atoms with E-state index >= 15 is 0 Å². The highest BCUT2D eigenvalue weighted by molar-refractivity contribution is 7.90. The van der Waals surface area contributed by atoms with Crippen LogP contribution in [0.5, 0.6) is 17.5 Å². The van der Waals surface area contributed by atoms with E-state index in [9.17, 15) is 12.8 Å². The SMILES string of the molecule is C#Cc1c(Oc2cnc(CCS(C)(=O)=O)cc2F)ncnc1OC1CCNCC1. The summed E-state index contributed by atoms with van der Waals surface area (Å²) >= 11 is 0. The summed E-state index contributed by atoms with van der Waals surface area (Å²) in [5, 5.41) is 3.24. The highest BCUT2D eigenvalue weighted by Gasteiger charge is 2.20. The van der Waals surface area contributed by atoms with Gasteiger partial charge in [-0.15, -0.1) is 6.42 Å². The number of halogens is 1. The summed E-state index contributed by atoms with van der Waals surface area (Å²) in [6, 6.07) is 1.13. The number of hydrogen-bond donors (Lipinski definition) is 1. The lowest BCUT2D eigenvalue weighted by molar-refractivity contribution is 0.154. The van der Waals surface area contributed by atoms with Gasteiger partial charge in [0.1, 0.15) is 27.8 Å². The van der Waals surface area contributed by atoms with Crippen LogP contribution in [0.4, 0.5) is 4.39 Å². The lowest BCUT2D eigenvalue weighted by Gasteiger charge is -2.23. The van der Waals surface area contributed by atoms with Crippen LogP contribution >= 0.6 is 0 Å². The molecule has 2 aromatic rings. The Hall–Kier alpha value is -2.77. The molecule has 0 aromatic carbocycles. The minimum atomic E-state index is -3.17. The van der Waals surface area contributed by atoms with E-state index in [0.717, 1.165) is 38.3 Å². The zero-order valence-electron chi connectivity index (χ0n) is 15.9. The number of nitrogens with zero attached hydrogens (tertiary/aromatic N) is 3. The van der Waals surface area contributed by atoms with Gasteiger partial charge in [-0.2, -0.15) is 0 Å². The molecule has 0 bridgehead atoms. The maximum atomic E-state index is 14.4. The van der Waals surface area contributed by atoms with Gasteiger partial charge in [0.15, 0.2) is 11.6 Å². The topological polar surface area (TPSA) is 103 Å². The molecule has 0 saturated carbocycles. The minimum Gasteiger partial charge on any atom is -0.473 e. The summed E-state index contributed by atoms with van der Waals surface area (Å²) in [6.07, 6.45) is 10.8. The summed E-state index contributed by atoms with van der Waals surface area (Å²) in [5.41, 5.74) is 0.488. The number of terminal acetylenes is 1. The molecule has 0 spiro atoms. The monoisotopic (exact) mass is 420 g/mol. The number of nitrogens with one attached hydrogen (secondary N) is 1. The van der Waals surface area contributed by atoms with Crippen molar-refractivity contribution in [2.75, 3.05) is 25.1 Å². The van der Waals surface area contributed by atoms with Crippen LogP contribution in [-0.2, 0) is 16.3 Å². The predicted octanol–water partition coefficient (Wildman–Crippen LogP) is 1.50. The Morgan fingerprint density at radius 1 is 1.28 bits per heavy atom. The molecule has 1 saturated heterocycles. The van der Waals surface area contributed by atoms with Gasteiger partial charge in [-0.25, -0.2) is 22.8 Å². The summed E-state index contributed by atoms with van der Waals surface area (Å²) < 4.78 is 48.3. The van der Waals surface area contributed by atoms with Crippen LogP contribution in [0.1, 0.15) is 24.1 Å². The van der Waals surface area contributed by atoms with Crippen molar-refractivity contribution >= 4 is 9.84 Å². The zero-order chi connectivity index (χ0) is 20.9. The van der Waals surface area contributed by atoms with Crippen LogP contribution in [0, 0.1) is 18.2 Å².